The van der Waals surface area contributed by atoms with E-state index in [1.807, 2.05) is 0 Å². The topological polar surface area (TPSA) is 72.7 Å². The fraction of sp³-hybridized carbons (Fsp3) is 0.350. The third-order valence-corrected chi connectivity index (χ3v) is 9.54. The molecular weight excluding hydrogens is 620 g/mol. The molecule has 0 radical (unpaired) electrons. The summed E-state index contributed by atoms with van der Waals surface area (Å²) in [6.07, 6.45) is 20.5. The van der Waals surface area contributed by atoms with Crippen molar-refractivity contribution in [1.82, 2.24) is 10.2 Å². The van der Waals surface area contributed by atoms with Crippen LogP contribution in [0.1, 0.15) is 64.5 Å². The van der Waals surface area contributed by atoms with E-state index in [2.05, 4.69) is 141 Å². The number of hydrogen-bond acceptors (Lipinski definition) is 4. The van der Waals surface area contributed by atoms with Gasteiger partial charge in [0.15, 0.2) is 5.71 Å². The lowest BCUT2D eigenvalue weighted by atomic mass is 9.81. The summed E-state index contributed by atoms with van der Waals surface area (Å²) >= 11 is 0. The molecule has 0 spiro atoms. The number of anilines is 1. The maximum Gasteiger partial charge on any atom is 0.253 e. The van der Waals surface area contributed by atoms with Crippen LogP contribution >= 0.6 is 0 Å². The first-order valence-electron chi connectivity index (χ1n) is 16.6. The zero-order valence-electron chi connectivity index (χ0n) is 28.7. The molecule has 2 aromatic carbocycles. The summed E-state index contributed by atoms with van der Waals surface area (Å²) in [5, 5.41) is 2.83. The molecule has 3 aliphatic heterocycles. The van der Waals surface area contributed by atoms with Crippen LogP contribution in [-0.4, -0.2) is 59.6 Å². The van der Waals surface area contributed by atoms with Gasteiger partial charge in [-0.05, 0) is 44.4 Å². The Morgan fingerprint density at radius 1 is 0.771 bits per heavy atom. The van der Waals surface area contributed by atoms with Crippen molar-refractivity contribution in [2.75, 3.05) is 31.6 Å². The maximum atomic E-state index is 12.3. The molecule has 0 aromatic heterocycles. The molecule has 7 nitrogen and oxygen atoms in total. The highest BCUT2D eigenvalue weighted by Gasteiger charge is 2.42. The van der Waals surface area contributed by atoms with E-state index in [0.717, 1.165) is 30.7 Å². The summed E-state index contributed by atoms with van der Waals surface area (Å²) in [7, 11) is 2.14. The fourth-order valence-corrected chi connectivity index (χ4v) is 6.95. The van der Waals surface area contributed by atoms with E-state index in [-0.39, 0.29) is 54.0 Å². The van der Waals surface area contributed by atoms with Gasteiger partial charge in [-0.15, -0.1) is 0 Å². The van der Waals surface area contributed by atoms with E-state index in [1.165, 1.54) is 46.1 Å². The van der Waals surface area contributed by atoms with Crippen LogP contribution in [0.5, 0.6) is 0 Å². The number of fused-ring (bicyclic) bond motifs is 2. The molecule has 0 saturated heterocycles. The second-order valence-corrected chi connectivity index (χ2v) is 13.4. The lowest BCUT2D eigenvalue weighted by molar-refractivity contribution is -0.401. The number of para-hydroxylation sites is 2. The first-order valence-corrected chi connectivity index (χ1v) is 16.6. The van der Waals surface area contributed by atoms with E-state index < -0.39 is 0 Å². The van der Waals surface area contributed by atoms with Gasteiger partial charge in [0.05, 0.1) is 5.41 Å². The predicted molar refractivity (Wildman–Crippen MR) is 190 cm³/mol. The lowest BCUT2D eigenvalue weighted by Crippen LogP contribution is -3.00. The molecule has 8 heteroatoms. The number of halogens is 1. The van der Waals surface area contributed by atoms with Crippen molar-refractivity contribution in [3.63, 3.8) is 0 Å². The largest absolute Gasteiger partial charge is 1.00 e. The first kappa shape index (κ1) is 36.3. The number of carbonyl (C=O) groups is 3. The van der Waals surface area contributed by atoms with Gasteiger partial charge in [-0.25, -0.2) is 0 Å². The van der Waals surface area contributed by atoms with E-state index in [0.29, 0.717) is 6.42 Å². The molecule has 3 aliphatic rings. The van der Waals surface area contributed by atoms with Gasteiger partial charge in [0.25, 0.3) is 11.8 Å². The van der Waals surface area contributed by atoms with Crippen molar-refractivity contribution in [1.29, 1.82) is 0 Å². The fourth-order valence-electron chi connectivity index (χ4n) is 6.95. The number of allylic oxidation sites excluding steroid dienone is 8. The molecule has 5 rings (SSSR count). The number of unbranched alkanes of at least 4 members (excludes halogenated alkanes) is 2. The number of benzene rings is 2. The van der Waals surface area contributed by atoms with Crippen LogP contribution in [0.3, 0.4) is 0 Å². The van der Waals surface area contributed by atoms with Gasteiger partial charge >= 0.3 is 0 Å². The molecule has 48 heavy (non-hydrogen) atoms. The lowest BCUT2D eigenvalue weighted by Gasteiger charge is -2.27. The van der Waals surface area contributed by atoms with Crippen molar-refractivity contribution in [3.05, 3.63) is 120 Å². The summed E-state index contributed by atoms with van der Waals surface area (Å²) < 4.78 is 2.28. The molecule has 252 valence electrons. The van der Waals surface area contributed by atoms with Crippen LogP contribution in [0, 0.1) is 0 Å². The Morgan fingerprint density at radius 3 is 2.15 bits per heavy atom. The van der Waals surface area contributed by atoms with Crippen LogP contribution < -0.4 is 22.6 Å². The summed E-state index contributed by atoms with van der Waals surface area (Å²) in [6, 6.07) is 17.2. The third-order valence-electron chi connectivity index (χ3n) is 9.54. The van der Waals surface area contributed by atoms with Gasteiger partial charge in [-0.2, -0.15) is 4.58 Å². The van der Waals surface area contributed by atoms with Crippen LogP contribution in [0.4, 0.5) is 11.4 Å². The molecule has 0 bridgehead atoms. The predicted octanol–water partition coefficient (Wildman–Crippen LogP) is 3.65. The minimum Gasteiger partial charge on any atom is -1.00 e. The first-order chi connectivity index (χ1) is 22.5. The number of hydrogen-bond donors (Lipinski definition) is 1. The molecule has 0 aliphatic carbocycles. The quantitative estimate of drug-likeness (QED) is 0.153. The second kappa shape index (κ2) is 15.6. The zero-order chi connectivity index (χ0) is 33.6. The molecule has 3 heterocycles. The highest BCUT2D eigenvalue weighted by Crippen LogP contribution is 2.47. The van der Waals surface area contributed by atoms with Crippen LogP contribution in [0.2, 0.25) is 0 Å². The summed E-state index contributed by atoms with van der Waals surface area (Å²) in [5.41, 5.74) is 7.58. The van der Waals surface area contributed by atoms with Crippen molar-refractivity contribution in [3.8, 4) is 0 Å². The molecular formula is C40H47ClN4O3. The van der Waals surface area contributed by atoms with Gasteiger partial charge in [-0.1, -0.05) is 87.0 Å². The average molecular weight is 667 g/mol. The molecule has 0 fully saturated rings. The minimum atomic E-state index is -0.327. The van der Waals surface area contributed by atoms with E-state index >= 15 is 0 Å². The van der Waals surface area contributed by atoms with Gasteiger partial charge < -0.3 is 22.6 Å². The van der Waals surface area contributed by atoms with E-state index in [4.69, 9.17) is 0 Å². The van der Waals surface area contributed by atoms with Crippen molar-refractivity contribution < 1.29 is 31.4 Å². The van der Waals surface area contributed by atoms with Crippen molar-refractivity contribution in [2.24, 2.45) is 0 Å². The zero-order valence-corrected chi connectivity index (χ0v) is 29.5. The molecule has 1 N–H and O–H groups in total. The van der Waals surface area contributed by atoms with Gasteiger partial charge in [0.1, 0.15) is 7.05 Å². The molecule has 2 aromatic rings. The molecule has 0 unspecified atom stereocenters. The molecule has 3 amide bonds. The number of imide groups is 1. The Kier molecular flexibility index (Phi) is 11.8. The van der Waals surface area contributed by atoms with Gasteiger partial charge in [0, 0.05) is 72.7 Å². The Labute approximate surface area is 291 Å². The number of carbonyl (C=O) groups excluding carboxylic acids is 3. The van der Waals surface area contributed by atoms with E-state index in [1.54, 1.807) is 0 Å². The monoisotopic (exact) mass is 666 g/mol. The van der Waals surface area contributed by atoms with Gasteiger partial charge in [0.2, 0.25) is 11.6 Å². The smallest absolute Gasteiger partial charge is 0.253 e. The number of nitrogens with one attached hydrogen (secondary N) is 1. The van der Waals surface area contributed by atoms with E-state index in [9.17, 15) is 14.4 Å². The Hall–Kier alpha value is -4.49. The molecule has 0 saturated carbocycles. The van der Waals surface area contributed by atoms with Crippen molar-refractivity contribution in [2.45, 2.75) is 64.2 Å². The normalized spacial score (nSPS) is 18.6. The molecule has 0 atom stereocenters. The highest BCUT2D eigenvalue weighted by molar-refractivity contribution is 6.12. The Bertz CT molecular complexity index is 1710. The average Bonchev–Trinajstić information content (AvgIpc) is 3.56. The number of amides is 3. The standard InChI is InChI=1S/C40H46N4O3.ClH/c1-39(2)30-18-13-15-20-32(30)42(5)34(39)22-10-7-6-8-11-23-35-40(3,4)31-19-14-16-21-33(31)43(35)28-17-9-12-24-36(45)41-27-29-44-37(46)25-26-38(44)47;/h6-8,10-11,13-16,18-23,25-26H,9,12,17,24,27-29H2,1-5H3;1H. The third kappa shape index (κ3) is 7.63. The Morgan fingerprint density at radius 2 is 1.42 bits per heavy atom. The summed E-state index contributed by atoms with van der Waals surface area (Å²) in [6.45, 7) is 10.5. The number of rotatable bonds is 13. The van der Waals surface area contributed by atoms with Gasteiger partial charge in [-0.3, -0.25) is 19.3 Å². The second-order valence-electron chi connectivity index (χ2n) is 13.4. The van der Waals surface area contributed by atoms with Crippen LogP contribution in [0.25, 0.3) is 0 Å². The van der Waals surface area contributed by atoms with Crippen LogP contribution in [0.15, 0.2) is 109 Å². The Balaban J connectivity index is 0.00000520. The summed E-state index contributed by atoms with van der Waals surface area (Å²) in [4.78, 5) is 39.2. The van der Waals surface area contributed by atoms with Crippen LogP contribution in [-0.2, 0) is 25.2 Å². The maximum absolute atomic E-state index is 12.3. The SMILES string of the molecule is C[N+]1=C(C=CC=CC=CC=C2N(CCCCCC(=O)NCCN3C(=O)C=CC3=O)c3ccccc3C2(C)C)C(C)(C)c2ccccc21.[Cl-]. The van der Waals surface area contributed by atoms with Crippen molar-refractivity contribution >= 4 is 34.8 Å². The number of nitrogens with zero attached hydrogens (tertiary/aromatic N) is 3. The minimum absolute atomic E-state index is 0. The summed E-state index contributed by atoms with van der Waals surface area (Å²) in [5.74, 6) is -0.709. The highest BCUT2D eigenvalue weighted by atomic mass is 35.5.